The number of ether oxygens (including phenoxy) is 1. The molecule has 0 aliphatic heterocycles. The molecule has 28 heavy (non-hydrogen) atoms. The first-order valence-electron chi connectivity index (χ1n) is 9.07. The molecule has 2 aromatic carbocycles. The average molecular weight is 372 g/mol. The number of aryl methyl sites for hydroxylation is 1. The molecule has 0 saturated heterocycles. The fraction of sp³-hybridized carbons (Fsp3) is 0.174. The van der Waals surface area contributed by atoms with E-state index in [0.29, 0.717) is 5.75 Å². The predicted molar refractivity (Wildman–Crippen MR) is 108 cm³/mol. The van der Waals surface area contributed by atoms with Crippen molar-refractivity contribution in [3.05, 3.63) is 78.5 Å². The molecule has 2 unspecified atom stereocenters. The molecule has 1 aliphatic rings. The summed E-state index contributed by atoms with van der Waals surface area (Å²) in [5, 5.41) is 19.9. The van der Waals surface area contributed by atoms with Gasteiger partial charge >= 0.3 is 5.97 Å². The largest absolute Gasteiger partial charge is 0.482 e. The Labute approximate surface area is 163 Å². The van der Waals surface area contributed by atoms with Gasteiger partial charge in [-0.15, -0.1) is 5.10 Å². The fourth-order valence-electron chi connectivity index (χ4n) is 3.56. The number of allylic oxidation sites excluding steroid dienone is 2. The van der Waals surface area contributed by atoms with Crippen LogP contribution in [0, 0.1) is 12.8 Å². The summed E-state index contributed by atoms with van der Waals surface area (Å²) in [6, 6.07) is 13.7. The number of fused-ring (bicyclic) bond motifs is 1. The van der Waals surface area contributed by atoms with Gasteiger partial charge in [0.05, 0.1) is 6.20 Å². The third-order valence-electron chi connectivity index (χ3n) is 5.10. The number of hydrogen-bond donors (Lipinski definition) is 1. The molecule has 1 heterocycles. The lowest BCUT2D eigenvalue weighted by Crippen LogP contribution is -2.43. The molecule has 0 saturated carbocycles. The molecule has 1 aromatic heterocycles. The Morgan fingerprint density at radius 3 is 2.79 bits per heavy atom. The third-order valence-corrected chi connectivity index (χ3v) is 5.10. The van der Waals surface area contributed by atoms with Crippen LogP contribution >= 0.6 is 0 Å². The second kappa shape index (κ2) is 6.93. The number of carboxylic acid groups (broad SMARTS) is 1. The minimum atomic E-state index is -0.965. The van der Waals surface area contributed by atoms with Gasteiger partial charge < -0.3 is 9.84 Å². The molecular formula is C23H20N2O3. The highest BCUT2D eigenvalue weighted by molar-refractivity contribution is 5.95. The first-order valence-corrected chi connectivity index (χ1v) is 9.07. The van der Waals surface area contributed by atoms with Gasteiger partial charge in [-0.1, -0.05) is 42.5 Å². The smallest absolute Gasteiger partial charge is 0.314 e. The summed E-state index contributed by atoms with van der Waals surface area (Å²) in [5.74, 6) is -1.09. The summed E-state index contributed by atoms with van der Waals surface area (Å²) in [6.45, 7) is 3.82. The van der Waals surface area contributed by atoms with Gasteiger partial charge in [0.2, 0.25) is 0 Å². The molecule has 1 aliphatic carbocycles. The number of nitrogens with zero attached hydrogens (tertiary/aromatic N) is 2. The maximum Gasteiger partial charge on any atom is 0.314 e. The summed E-state index contributed by atoms with van der Waals surface area (Å²) < 4.78 is 6.13. The highest BCUT2D eigenvalue weighted by Crippen LogP contribution is 2.34. The van der Waals surface area contributed by atoms with E-state index in [1.807, 2.05) is 55.5 Å². The molecule has 0 fully saturated rings. The SMILES string of the molecule is Cc1ccccc1-c1nncc2cc(OC3(C)C=CC=CC3C(=O)O)ccc12. The summed E-state index contributed by atoms with van der Waals surface area (Å²) in [6.07, 6.45) is 8.65. The monoisotopic (exact) mass is 372 g/mol. The number of aliphatic carboxylic acids is 1. The Kier molecular flexibility index (Phi) is 4.43. The third kappa shape index (κ3) is 3.16. The van der Waals surface area contributed by atoms with Crippen LogP contribution in [-0.2, 0) is 4.79 Å². The summed E-state index contributed by atoms with van der Waals surface area (Å²) >= 11 is 0. The van der Waals surface area contributed by atoms with Crippen LogP contribution < -0.4 is 4.74 Å². The summed E-state index contributed by atoms with van der Waals surface area (Å²) in [4.78, 5) is 11.6. The highest BCUT2D eigenvalue weighted by atomic mass is 16.5. The number of rotatable bonds is 4. The van der Waals surface area contributed by atoms with Crippen molar-refractivity contribution in [3.63, 3.8) is 0 Å². The fourth-order valence-corrected chi connectivity index (χ4v) is 3.56. The molecule has 0 amide bonds. The number of aromatic nitrogens is 2. The quantitative estimate of drug-likeness (QED) is 0.726. The second-order valence-corrected chi connectivity index (χ2v) is 7.10. The van der Waals surface area contributed by atoms with Crippen molar-refractivity contribution in [3.8, 4) is 17.0 Å². The van der Waals surface area contributed by atoms with Crippen LogP contribution in [0.5, 0.6) is 5.75 Å². The van der Waals surface area contributed by atoms with E-state index in [4.69, 9.17) is 4.74 Å². The molecule has 4 rings (SSSR count). The van der Waals surface area contributed by atoms with Crippen molar-refractivity contribution in [2.24, 2.45) is 5.92 Å². The van der Waals surface area contributed by atoms with E-state index in [-0.39, 0.29) is 0 Å². The van der Waals surface area contributed by atoms with Crippen molar-refractivity contribution in [2.75, 3.05) is 0 Å². The minimum Gasteiger partial charge on any atom is -0.482 e. The van der Waals surface area contributed by atoms with Gasteiger partial charge in [-0.05, 0) is 43.7 Å². The topological polar surface area (TPSA) is 72.3 Å². The first kappa shape index (κ1) is 17.9. The minimum absolute atomic E-state index is 0.588. The van der Waals surface area contributed by atoms with Gasteiger partial charge in [0, 0.05) is 16.3 Å². The lowest BCUT2D eigenvalue weighted by atomic mass is 9.85. The van der Waals surface area contributed by atoms with E-state index < -0.39 is 17.5 Å². The van der Waals surface area contributed by atoms with Crippen molar-refractivity contribution < 1.29 is 14.6 Å². The highest BCUT2D eigenvalue weighted by Gasteiger charge is 2.39. The lowest BCUT2D eigenvalue weighted by molar-refractivity contribution is -0.144. The van der Waals surface area contributed by atoms with Crippen LogP contribution in [0.15, 0.2) is 73.0 Å². The van der Waals surface area contributed by atoms with Crippen molar-refractivity contribution >= 4 is 16.7 Å². The molecule has 3 aromatic rings. The molecular weight excluding hydrogens is 352 g/mol. The Balaban J connectivity index is 1.74. The number of carbonyl (C=O) groups is 1. The standard InChI is InChI=1S/C23H20N2O3/c1-15-7-3-4-8-18(15)21-19-11-10-17(13-16(19)14-24-25-21)28-23(2)12-6-5-9-20(23)22(26)27/h3-14,20H,1-2H3,(H,26,27). The number of carboxylic acids is 1. The van der Waals surface area contributed by atoms with Crippen molar-refractivity contribution in [1.29, 1.82) is 0 Å². The van der Waals surface area contributed by atoms with Gasteiger partial charge in [0.25, 0.3) is 0 Å². The zero-order valence-electron chi connectivity index (χ0n) is 15.7. The first-order chi connectivity index (χ1) is 13.5. The van der Waals surface area contributed by atoms with Crippen LogP contribution in [0.25, 0.3) is 22.0 Å². The zero-order valence-corrected chi connectivity index (χ0v) is 15.7. The molecule has 140 valence electrons. The van der Waals surface area contributed by atoms with E-state index in [2.05, 4.69) is 10.2 Å². The Morgan fingerprint density at radius 1 is 1.18 bits per heavy atom. The van der Waals surface area contributed by atoms with Crippen molar-refractivity contribution in [1.82, 2.24) is 10.2 Å². The van der Waals surface area contributed by atoms with Gasteiger partial charge in [-0.3, -0.25) is 4.79 Å². The molecule has 0 radical (unpaired) electrons. The molecule has 0 spiro atoms. The second-order valence-electron chi connectivity index (χ2n) is 7.10. The van der Waals surface area contributed by atoms with Crippen molar-refractivity contribution in [2.45, 2.75) is 19.4 Å². The van der Waals surface area contributed by atoms with Crippen LogP contribution in [0.3, 0.4) is 0 Å². The molecule has 1 N–H and O–H groups in total. The Bertz CT molecular complexity index is 1120. The zero-order chi connectivity index (χ0) is 19.7. The van der Waals surface area contributed by atoms with Gasteiger partial charge in [-0.25, -0.2) is 0 Å². The maximum atomic E-state index is 11.6. The van der Waals surface area contributed by atoms with E-state index in [1.54, 1.807) is 31.3 Å². The predicted octanol–water partition coefficient (Wildman–Crippen LogP) is 4.57. The van der Waals surface area contributed by atoms with Gasteiger partial charge in [0.1, 0.15) is 23.0 Å². The number of hydrogen-bond acceptors (Lipinski definition) is 4. The molecule has 5 heteroatoms. The Morgan fingerprint density at radius 2 is 2.00 bits per heavy atom. The van der Waals surface area contributed by atoms with E-state index in [9.17, 15) is 9.90 Å². The van der Waals surface area contributed by atoms with Gasteiger partial charge in [-0.2, -0.15) is 5.10 Å². The summed E-state index contributed by atoms with van der Waals surface area (Å²) in [5.41, 5.74) is 2.01. The molecule has 2 atom stereocenters. The lowest BCUT2D eigenvalue weighted by Gasteiger charge is -2.33. The maximum absolute atomic E-state index is 11.6. The molecule has 0 bridgehead atoms. The number of benzene rings is 2. The van der Waals surface area contributed by atoms with Crippen LogP contribution in [-0.4, -0.2) is 26.9 Å². The van der Waals surface area contributed by atoms with Crippen LogP contribution in [0.2, 0.25) is 0 Å². The van der Waals surface area contributed by atoms with E-state index >= 15 is 0 Å². The molecule has 5 nitrogen and oxygen atoms in total. The van der Waals surface area contributed by atoms with E-state index in [1.165, 1.54) is 0 Å². The Hall–Kier alpha value is -3.47. The summed E-state index contributed by atoms with van der Waals surface area (Å²) in [7, 11) is 0. The normalized spacial score (nSPS) is 21.0. The van der Waals surface area contributed by atoms with E-state index in [0.717, 1.165) is 27.6 Å². The average Bonchev–Trinajstić information content (AvgIpc) is 2.67. The van der Waals surface area contributed by atoms with Crippen LogP contribution in [0.1, 0.15) is 12.5 Å². The van der Waals surface area contributed by atoms with Crippen LogP contribution in [0.4, 0.5) is 0 Å². The van der Waals surface area contributed by atoms with Gasteiger partial charge in [0.15, 0.2) is 0 Å².